The van der Waals surface area contributed by atoms with E-state index in [1.54, 1.807) is 11.8 Å². The first kappa shape index (κ1) is 20.6. The van der Waals surface area contributed by atoms with Crippen LogP contribution in [0.25, 0.3) is 0 Å². The maximum atomic E-state index is 11.4. The molecule has 22 heavy (non-hydrogen) atoms. The van der Waals surface area contributed by atoms with Crippen LogP contribution in [-0.4, -0.2) is 47.1 Å². The molecule has 1 rings (SSSR count). The van der Waals surface area contributed by atoms with Crippen molar-refractivity contribution in [2.24, 2.45) is 5.92 Å². The first-order chi connectivity index (χ1) is 10.4. The predicted molar refractivity (Wildman–Crippen MR) is 86.3 cm³/mol. The molecule has 0 aromatic rings. The van der Waals surface area contributed by atoms with E-state index < -0.39 is 12.0 Å². The van der Waals surface area contributed by atoms with Crippen molar-refractivity contribution in [3.8, 4) is 0 Å². The van der Waals surface area contributed by atoms with E-state index in [1.165, 1.54) is 0 Å². The fourth-order valence-electron chi connectivity index (χ4n) is 2.07. The molecule has 1 fully saturated rings. The summed E-state index contributed by atoms with van der Waals surface area (Å²) in [6.07, 6.45) is 4.44. The molecule has 0 bridgehead atoms. The maximum absolute atomic E-state index is 11.4. The van der Waals surface area contributed by atoms with Gasteiger partial charge in [-0.25, -0.2) is 4.79 Å². The van der Waals surface area contributed by atoms with Gasteiger partial charge in [-0.1, -0.05) is 6.92 Å². The second-order valence-corrected chi connectivity index (χ2v) is 6.00. The number of carboxylic acid groups (broad SMARTS) is 1. The van der Waals surface area contributed by atoms with Crippen molar-refractivity contribution in [1.29, 1.82) is 0 Å². The van der Waals surface area contributed by atoms with Crippen molar-refractivity contribution in [2.75, 3.05) is 18.6 Å². The molecule has 0 aliphatic heterocycles. The molecule has 126 valence electrons. The van der Waals surface area contributed by atoms with E-state index in [9.17, 15) is 19.2 Å². The summed E-state index contributed by atoms with van der Waals surface area (Å²) in [5.74, 6) is -0.421. The van der Waals surface area contributed by atoms with Gasteiger partial charge in [-0.3, -0.25) is 14.4 Å². The standard InChI is InChI=1S/C10H14O3.C5H11NO2S/c1-2-4-7(11)10-8(12)5-3-6-9(10)13;1-9-4-2-3-6-5(7)8/h10H,2-6H2,1H3;6H,2-4H2,1H3,(H,7,8). The van der Waals surface area contributed by atoms with E-state index in [1.807, 2.05) is 13.2 Å². The Labute approximate surface area is 135 Å². The number of hydrogen-bond acceptors (Lipinski definition) is 5. The van der Waals surface area contributed by atoms with Gasteiger partial charge in [0.2, 0.25) is 0 Å². The summed E-state index contributed by atoms with van der Waals surface area (Å²) in [6, 6.07) is 0. The Kier molecular flexibility index (Phi) is 11.4. The molecular weight excluding hydrogens is 306 g/mol. The topological polar surface area (TPSA) is 101 Å². The minimum Gasteiger partial charge on any atom is -0.465 e. The molecule has 0 atom stereocenters. The smallest absolute Gasteiger partial charge is 0.404 e. The number of carbonyl (C=O) groups is 4. The summed E-state index contributed by atoms with van der Waals surface area (Å²) in [7, 11) is 0. The number of amides is 1. The number of hydrogen-bond donors (Lipinski definition) is 2. The van der Waals surface area contributed by atoms with E-state index in [-0.39, 0.29) is 17.3 Å². The lowest BCUT2D eigenvalue weighted by Gasteiger charge is -2.17. The zero-order chi connectivity index (χ0) is 17.0. The number of carbonyl (C=O) groups excluding carboxylic acids is 3. The summed E-state index contributed by atoms with van der Waals surface area (Å²) in [4.78, 5) is 43.8. The van der Waals surface area contributed by atoms with Crippen molar-refractivity contribution in [3.63, 3.8) is 0 Å². The van der Waals surface area contributed by atoms with Crippen LogP contribution < -0.4 is 5.32 Å². The van der Waals surface area contributed by atoms with Crippen molar-refractivity contribution in [1.82, 2.24) is 5.32 Å². The summed E-state index contributed by atoms with van der Waals surface area (Å²) in [6.45, 7) is 2.44. The molecule has 1 saturated carbocycles. The van der Waals surface area contributed by atoms with Gasteiger partial charge in [-0.2, -0.15) is 11.8 Å². The number of rotatable bonds is 7. The summed E-state index contributed by atoms with van der Waals surface area (Å²) in [5, 5.41) is 10.4. The summed E-state index contributed by atoms with van der Waals surface area (Å²) < 4.78 is 0. The molecule has 0 spiro atoms. The van der Waals surface area contributed by atoms with E-state index >= 15 is 0 Å². The lowest BCUT2D eigenvalue weighted by atomic mass is 9.82. The normalized spacial score (nSPS) is 15.0. The van der Waals surface area contributed by atoms with Gasteiger partial charge in [0.25, 0.3) is 0 Å². The third kappa shape index (κ3) is 8.81. The Morgan fingerprint density at radius 1 is 1.27 bits per heavy atom. The third-order valence-corrected chi connectivity index (χ3v) is 3.81. The van der Waals surface area contributed by atoms with Gasteiger partial charge in [0.15, 0.2) is 17.3 Å². The zero-order valence-corrected chi connectivity index (χ0v) is 14.0. The molecule has 0 aromatic heterocycles. The van der Waals surface area contributed by atoms with Crippen LogP contribution in [0.5, 0.6) is 0 Å². The predicted octanol–water partition coefficient (Wildman–Crippen LogP) is 2.30. The molecule has 0 aromatic carbocycles. The Bertz CT molecular complexity index is 381. The molecular formula is C15H25NO5S. The lowest BCUT2D eigenvalue weighted by Crippen LogP contribution is -2.35. The van der Waals surface area contributed by atoms with Crippen LogP contribution in [0.2, 0.25) is 0 Å². The van der Waals surface area contributed by atoms with Crippen LogP contribution in [0.15, 0.2) is 0 Å². The van der Waals surface area contributed by atoms with Gasteiger partial charge in [-0.05, 0) is 31.3 Å². The molecule has 1 aliphatic rings. The van der Waals surface area contributed by atoms with Crippen molar-refractivity contribution in [2.45, 2.75) is 45.4 Å². The molecule has 0 saturated heterocycles. The minimum atomic E-state index is -0.934. The number of ketones is 3. The minimum absolute atomic E-state index is 0.172. The van der Waals surface area contributed by atoms with E-state index in [4.69, 9.17) is 5.11 Å². The largest absolute Gasteiger partial charge is 0.465 e. The average molecular weight is 331 g/mol. The van der Waals surface area contributed by atoms with E-state index in [0.717, 1.165) is 12.2 Å². The quantitative estimate of drug-likeness (QED) is 0.548. The summed E-state index contributed by atoms with van der Waals surface area (Å²) in [5.41, 5.74) is 0. The molecule has 1 amide bonds. The van der Waals surface area contributed by atoms with Crippen LogP contribution in [0.3, 0.4) is 0 Å². The molecule has 2 N–H and O–H groups in total. The monoisotopic (exact) mass is 331 g/mol. The van der Waals surface area contributed by atoms with Gasteiger partial charge in [0.1, 0.15) is 5.92 Å². The maximum Gasteiger partial charge on any atom is 0.404 e. The molecule has 7 heteroatoms. The van der Waals surface area contributed by atoms with Crippen molar-refractivity contribution >= 4 is 35.2 Å². The Balaban J connectivity index is 0.000000433. The molecule has 1 aliphatic carbocycles. The number of thioether (sulfide) groups is 1. The molecule has 0 heterocycles. The van der Waals surface area contributed by atoms with Gasteiger partial charge in [-0.15, -0.1) is 0 Å². The zero-order valence-electron chi connectivity index (χ0n) is 13.2. The van der Waals surface area contributed by atoms with Gasteiger partial charge < -0.3 is 10.4 Å². The molecule has 0 unspecified atom stereocenters. The fourth-order valence-corrected chi connectivity index (χ4v) is 2.50. The van der Waals surface area contributed by atoms with Gasteiger partial charge >= 0.3 is 6.09 Å². The van der Waals surface area contributed by atoms with E-state index in [2.05, 4.69) is 5.32 Å². The lowest BCUT2D eigenvalue weighted by molar-refractivity contribution is -0.142. The average Bonchev–Trinajstić information content (AvgIpc) is 2.44. The second-order valence-electron chi connectivity index (χ2n) is 5.01. The van der Waals surface area contributed by atoms with Crippen LogP contribution in [0, 0.1) is 5.92 Å². The van der Waals surface area contributed by atoms with E-state index in [0.29, 0.717) is 38.6 Å². The Morgan fingerprint density at radius 3 is 2.32 bits per heavy atom. The highest BCUT2D eigenvalue weighted by atomic mass is 32.2. The number of Topliss-reactive ketones (excluding diaryl/α,β-unsaturated/α-hetero) is 3. The van der Waals surface area contributed by atoms with Crippen LogP contribution in [0.4, 0.5) is 4.79 Å². The highest BCUT2D eigenvalue weighted by Crippen LogP contribution is 2.19. The third-order valence-electron chi connectivity index (χ3n) is 3.11. The molecule has 0 radical (unpaired) electrons. The second kappa shape index (κ2) is 12.2. The van der Waals surface area contributed by atoms with Crippen LogP contribution >= 0.6 is 11.8 Å². The summed E-state index contributed by atoms with van der Waals surface area (Å²) >= 11 is 1.72. The fraction of sp³-hybridized carbons (Fsp3) is 0.733. The SMILES string of the molecule is CCCC(=O)C1C(=O)CCCC1=O.CSCCCNC(=O)O. The Morgan fingerprint density at radius 2 is 1.86 bits per heavy atom. The highest BCUT2D eigenvalue weighted by molar-refractivity contribution is 7.98. The number of nitrogens with one attached hydrogen (secondary N) is 1. The van der Waals surface area contributed by atoms with Crippen LogP contribution in [0.1, 0.15) is 45.4 Å². The van der Waals surface area contributed by atoms with Gasteiger partial charge in [0.05, 0.1) is 0 Å². The first-order valence-electron chi connectivity index (χ1n) is 7.47. The molecule has 6 nitrogen and oxygen atoms in total. The van der Waals surface area contributed by atoms with Crippen LogP contribution in [-0.2, 0) is 14.4 Å². The Hall–Kier alpha value is -1.37. The highest BCUT2D eigenvalue weighted by Gasteiger charge is 2.34. The van der Waals surface area contributed by atoms with Gasteiger partial charge in [0, 0.05) is 25.8 Å². The van der Waals surface area contributed by atoms with Crippen molar-refractivity contribution in [3.05, 3.63) is 0 Å². The first-order valence-corrected chi connectivity index (χ1v) is 8.87. The van der Waals surface area contributed by atoms with Crippen molar-refractivity contribution < 1.29 is 24.3 Å².